The molecule has 0 fully saturated rings. The van der Waals surface area contributed by atoms with Crippen LogP contribution >= 0.6 is 12.2 Å². The van der Waals surface area contributed by atoms with Gasteiger partial charge in [0.2, 0.25) is 15.7 Å². The average molecular weight is 107 g/mol. The van der Waals surface area contributed by atoms with E-state index in [0.717, 1.165) is 0 Å². The lowest BCUT2D eigenvalue weighted by Crippen LogP contribution is -2.09. The molecule has 0 aromatic carbocycles. The standard InChI is InChI=1S/CH5NOSSi/c2-1(4)3-5/h5H3,(H2,2,4). The Morgan fingerprint density at radius 2 is 2.20 bits per heavy atom. The second-order valence-corrected chi connectivity index (χ2v) is 1.33. The summed E-state index contributed by atoms with van der Waals surface area (Å²) in [5.74, 6) is 0. The first-order chi connectivity index (χ1) is 2.27. The molecule has 0 radical (unpaired) electrons. The summed E-state index contributed by atoms with van der Waals surface area (Å²) >= 11 is 4.29. The van der Waals surface area contributed by atoms with Crippen molar-refractivity contribution in [1.82, 2.24) is 0 Å². The van der Waals surface area contributed by atoms with Crippen LogP contribution in [-0.4, -0.2) is 15.7 Å². The van der Waals surface area contributed by atoms with Crippen molar-refractivity contribution in [2.75, 3.05) is 0 Å². The molecule has 4 heteroatoms. The molecule has 5 heavy (non-hydrogen) atoms. The number of hydrogen-bond acceptors (Lipinski definition) is 2. The van der Waals surface area contributed by atoms with E-state index in [2.05, 4.69) is 16.6 Å². The molecule has 0 spiro atoms. The van der Waals surface area contributed by atoms with Crippen molar-refractivity contribution in [3.05, 3.63) is 0 Å². The van der Waals surface area contributed by atoms with Crippen molar-refractivity contribution < 1.29 is 4.43 Å². The Morgan fingerprint density at radius 3 is 2.20 bits per heavy atom. The van der Waals surface area contributed by atoms with Crippen molar-refractivity contribution in [2.24, 2.45) is 5.73 Å². The third-order valence-corrected chi connectivity index (χ3v) is 1.10. The van der Waals surface area contributed by atoms with Crippen LogP contribution in [0.25, 0.3) is 0 Å². The Hall–Kier alpha value is -0.0931. The quantitative estimate of drug-likeness (QED) is 0.303. The van der Waals surface area contributed by atoms with Gasteiger partial charge in [-0.25, -0.2) is 0 Å². The summed E-state index contributed by atoms with van der Waals surface area (Å²) in [5, 5.41) is 0.150. The van der Waals surface area contributed by atoms with Crippen LogP contribution in [0.5, 0.6) is 0 Å². The van der Waals surface area contributed by atoms with Crippen molar-refractivity contribution >= 4 is 27.9 Å². The zero-order valence-corrected chi connectivity index (χ0v) is 5.71. The Balaban J connectivity index is 2.85. The van der Waals surface area contributed by atoms with E-state index < -0.39 is 0 Å². The zero-order valence-electron chi connectivity index (χ0n) is 2.89. The summed E-state index contributed by atoms with van der Waals surface area (Å²) in [5.41, 5.74) is 4.84. The average Bonchev–Trinajstić information content (AvgIpc) is 1.38. The summed E-state index contributed by atoms with van der Waals surface area (Å²) in [6, 6.07) is 0. The van der Waals surface area contributed by atoms with Crippen LogP contribution < -0.4 is 5.73 Å². The van der Waals surface area contributed by atoms with Crippen LogP contribution in [-0.2, 0) is 4.43 Å². The van der Waals surface area contributed by atoms with E-state index in [0.29, 0.717) is 10.5 Å². The molecule has 0 unspecified atom stereocenters. The predicted molar refractivity (Wildman–Crippen MR) is 27.8 cm³/mol. The van der Waals surface area contributed by atoms with Gasteiger partial charge in [0.05, 0.1) is 0 Å². The van der Waals surface area contributed by atoms with Gasteiger partial charge in [0, 0.05) is 0 Å². The Morgan fingerprint density at radius 1 is 2.00 bits per heavy atom. The second-order valence-electron chi connectivity index (χ2n) is 0.523. The summed E-state index contributed by atoms with van der Waals surface area (Å²) in [6.45, 7) is 0. The summed E-state index contributed by atoms with van der Waals surface area (Å²) in [6.07, 6.45) is 0. The number of hydrogen-bond donors (Lipinski definition) is 1. The first-order valence-electron chi connectivity index (χ1n) is 1.11. The highest BCUT2D eigenvalue weighted by Gasteiger charge is 1.68. The summed E-state index contributed by atoms with van der Waals surface area (Å²) in [4.78, 5) is 0. The van der Waals surface area contributed by atoms with Gasteiger partial charge in [-0.2, -0.15) is 0 Å². The lowest BCUT2D eigenvalue weighted by atomic mass is 11.4. The fraction of sp³-hybridized carbons (Fsp3) is 0. The monoisotopic (exact) mass is 107 g/mol. The van der Waals surface area contributed by atoms with Crippen molar-refractivity contribution in [2.45, 2.75) is 0 Å². The maximum Gasteiger partial charge on any atom is 0.239 e. The van der Waals surface area contributed by atoms with E-state index in [1.165, 1.54) is 0 Å². The normalized spacial score (nSPS) is 7.20. The summed E-state index contributed by atoms with van der Waals surface area (Å²) in [7, 11) is 0.607. The van der Waals surface area contributed by atoms with Crippen LogP contribution in [0.3, 0.4) is 0 Å². The van der Waals surface area contributed by atoms with E-state index in [1.54, 1.807) is 0 Å². The molecule has 0 amide bonds. The van der Waals surface area contributed by atoms with Gasteiger partial charge in [-0.3, -0.25) is 0 Å². The van der Waals surface area contributed by atoms with E-state index in [9.17, 15) is 0 Å². The first kappa shape index (κ1) is 4.91. The molecule has 2 nitrogen and oxygen atoms in total. The van der Waals surface area contributed by atoms with Gasteiger partial charge in [-0.1, -0.05) is 0 Å². The predicted octanol–water partition coefficient (Wildman–Crippen LogP) is -1.47. The molecule has 30 valence electrons. The van der Waals surface area contributed by atoms with Gasteiger partial charge in [0.25, 0.3) is 0 Å². The molecule has 0 aromatic heterocycles. The van der Waals surface area contributed by atoms with E-state index >= 15 is 0 Å². The Kier molecular flexibility index (Phi) is 2.12. The minimum absolute atomic E-state index is 0.150. The van der Waals surface area contributed by atoms with Crippen molar-refractivity contribution in [1.29, 1.82) is 0 Å². The number of nitrogens with two attached hydrogens (primary N) is 1. The smallest absolute Gasteiger partial charge is 0.239 e. The zero-order chi connectivity index (χ0) is 4.28. The molecular weight excluding hydrogens is 102 g/mol. The SMILES string of the molecule is NC(=S)O[SiH3]. The number of rotatable bonds is 0. The topological polar surface area (TPSA) is 35.2 Å². The minimum Gasteiger partial charge on any atom is -0.534 e. The maximum absolute atomic E-state index is 4.84. The molecule has 0 atom stereocenters. The highest BCUT2D eigenvalue weighted by Crippen LogP contribution is 1.56. The first-order valence-corrected chi connectivity index (χ1v) is 2.33. The van der Waals surface area contributed by atoms with Crippen LogP contribution in [0, 0.1) is 0 Å². The molecule has 2 N–H and O–H groups in total. The van der Waals surface area contributed by atoms with Crippen LogP contribution in [0.15, 0.2) is 0 Å². The lowest BCUT2D eigenvalue weighted by Gasteiger charge is -1.87. The van der Waals surface area contributed by atoms with E-state index in [4.69, 9.17) is 5.73 Å². The Bertz CT molecular complexity index is 46.9. The molecule has 0 saturated heterocycles. The van der Waals surface area contributed by atoms with Gasteiger partial charge in [0.1, 0.15) is 0 Å². The molecule has 0 rings (SSSR count). The fourth-order valence-electron chi connectivity index (χ4n) is 0. The molecule has 0 saturated carbocycles. The van der Waals surface area contributed by atoms with Gasteiger partial charge in [-0.05, 0) is 12.2 Å². The van der Waals surface area contributed by atoms with E-state index in [1.807, 2.05) is 0 Å². The highest BCUT2D eigenvalue weighted by atomic mass is 32.1. The van der Waals surface area contributed by atoms with Crippen molar-refractivity contribution in [3.63, 3.8) is 0 Å². The molecule has 0 aliphatic carbocycles. The molecule has 0 bridgehead atoms. The molecule has 0 aliphatic rings. The molecule has 0 heterocycles. The van der Waals surface area contributed by atoms with Crippen LogP contribution in [0.2, 0.25) is 0 Å². The van der Waals surface area contributed by atoms with Crippen molar-refractivity contribution in [3.8, 4) is 0 Å². The van der Waals surface area contributed by atoms with Gasteiger partial charge in [-0.15, -0.1) is 0 Å². The summed E-state index contributed by atoms with van der Waals surface area (Å²) < 4.78 is 4.40. The third-order valence-electron chi connectivity index (χ3n) is 0.201. The largest absolute Gasteiger partial charge is 0.534 e. The third kappa shape index (κ3) is 3.91. The Labute approximate surface area is 38.8 Å². The lowest BCUT2D eigenvalue weighted by molar-refractivity contribution is 0.621. The maximum atomic E-state index is 4.84. The van der Waals surface area contributed by atoms with Gasteiger partial charge in [0.15, 0.2) is 0 Å². The van der Waals surface area contributed by atoms with Crippen LogP contribution in [0.1, 0.15) is 0 Å². The molecule has 0 aliphatic heterocycles. The van der Waals surface area contributed by atoms with Gasteiger partial charge >= 0.3 is 0 Å². The van der Waals surface area contributed by atoms with Gasteiger partial charge < -0.3 is 10.2 Å². The molecular formula is CH5NOSSi. The van der Waals surface area contributed by atoms with Crippen LogP contribution in [0.4, 0.5) is 0 Å². The number of thiocarbonyl (C=S) groups is 1. The fourth-order valence-corrected chi connectivity index (χ4v) is 0. The molecule has 0 aromatic rings. The van der Waals surface area contributed by atoms with E-state index in [-0.39, 0.29) is 5.17 Å². The highest BCUT2D eigenvalue weighted by molar-refractivity contribution is 7.80. The minimum atomic E-state index is 0.150. The second kappa shape index (κ2) is 2.16.